The molecule has 0 aromatic heterocycles. The third-order valence-corrected chi connectivity index (χ3v) is 3.17. The molecule has 3 N–H and O–H groups in total. The number of nitrogens with one attached hydrogen (secondary N) is 2. The van der Waals surface area contributed by atoms with E-state index in [2.05, 4.69) is 10.6 Å². The Morgan fingerprint density at radius 2 is 2.00 bits per heavy atom. The molecule has 1 aromatic carbocycles. The van der Waals surface area contributed by atoms with E-state index in [-0.39, 0.29) is 5.69 Å². The van der Waals surface area contributed by atoms with Crippen molar-refractivity contribution < 1.29 is 28.2 Å². The summed E-state index contributed by atoms with van der Waals surface area (Å²) >= 11 is 0. The highest BCUT2D eigenvalue weighted by Crippen LogP contribution is 2.21. The second kappa shape index (κ2) is 5.65. The maximum Gasteiger partial charge on any atom is 0.337 e. The number of carbonyl (C=O) groups is 2. The highest BCUT2D eigenvalue weighted by molar-refractivity contribution is 6.00. The number of anilines is 1. The average Bonchev–Trinajstić information content (AvgIpc) is 2.79. The van der Waals surface area contributed by atoms with Gasteiger partial charge >= 0.3 is 12.0 Å². The molecule has 1 aliphatic heterocycles. The molecule has 1 saturated heterocycles. The second-order valence-corrected chi connectivity index (χ2v) is 5.06. The van der Waals surface area contributed by atoms with Crippen LogP contribution in [-0.4, -0.2) is 35.9 Å². The molecule has 8 heteroatoms. The summed E-state index contributed by atoms with van der Waals surface area (Å²) in [7, 11) is 0. The first kappa shape index (κ1) is 15.2. The summed E-state index contributed by atoms with van der Waals surface area (Å²) in [6, 6.07) is 0.441. The number of carbonyl (C=O) groups excluding carboxylic acids is 1. The Labute approximate surface area is 119 Å². The van der Waals surface area contributed by atoms with E-state index in [9.17, 15) is 18.4 Å². The van der Waals surface area contributed by atoms with Crippen LogP contribution in [0, 0.1) is 11.6 Å². The van der Waals surface area contributed by atoms with Crippen LogP contribution in [0.5, 0.6) is 0 Å². The number of aromatic carboxylic acids is 1. The standard InChI is InChI=1S/C13H14F2N2O4/c1-13(2-3-21-6-13)17-12(20)16-10-5-9(15)8(14)4-7(10)11(18)19/h4-5H,2-3,6H2,1H3,(H,18,19)(H2,16,17,20). The predicted octanol–water partition coefficient (Wildman–Crippen LogP) is 1.96. The predicted molar refractivity (Wildman–Crippen MR) is 69.3 cm³/mol. The third-order valence-electron chi connectivity index (χ3n) is 3.17. The lowest BCUT2D eigenvalue weighted by molar-refractivity contribution is 0.0697. The fourth-order valence-corrected chi connectivity index (χ4v) is 2.02. The van der Waals surface area contributed by atoms with Gasteiger partial charge in [0.2, 0.25) is 0 Å². The lowest BCUT2D eigenvalue weighted by Gasteiger charge is -2.23. The van der Waals surface area contributed by atoms with E-state index in [4.69, 9.17) is 9.84 Å². The molecule has 1 aromatic rings. The van der Waals surface area contributed by atoms with E-state index in [1.807, 2.05) is 0 Å². The van der Waals surface area contributed by atoms with Gasteiger partial charge in [-0.3, -0.25) is 0 Å². The maximum absolute atomic E-state index is 13.2. The Kier molecular flexibility index (Phi) is 4.08. The molecule has 0 aliphatic carbocycles. The fraction of sp³-hybridized carbons (Fsp3) is 0.385. The summed E-state index contributed by atoms with van der Waals surface area (Å²) in [4.78, 5) is 22.9. The minimum atomic E-state index is -1.47. The van der Waals surface area contributed by atoms with Crippen LogP contribution in [0.25, 0.3) is 0 Å². The molecule has 0 bridgehead atoms. The van der Waals surface area contributed by atoms with Crippen LogP contribution >= 0.6 is 0 Å². The van der Waals surface area contributed by atoms with E-state index in [1.165, 1.54) is 0 Å². The average molecular weight is 300 g/mol. The number of urea groups is 1. The summed E-state index contributed by atoms with van der Waals surface area (Å²) in [5.74, 6) is -4.01. The number of amides is 2. The summed E-state index contributed by atoms with van der Waals surface area (Å²) in [6.07, 6.45) is 0.601. The number of carboxylic acids is 1. The molecule has 0 radical (unpaired) electrons. The van der Waals surface area contributed by atoms with Gasteiger partial charge in [-0.05, 0) is 19.4 Å². The van der Waals surface area contributed by atoms with Gasteiger partial charge in [0, 0.05) is 12.7 Å². The zero-order chi connectivity index (χ0) is 15.6. The largest absolute Gasteiger partial charge is 0.478 e. The molecule has 2 amide bonds. The van der Waals surface area contributed by atoms with Gasteiger partial charge < -0.3 is 20.5 Å². The van der Waals surface area contributed by atoms with Crippen molar-refractivity contribution in [1.29, 1.82) is 0 Å². The molecular weight excluding hydrogens is 286 g/mol. The molecule has 1 fully saturated rings. The lowest BCUT2D eigenvalue weighted by Crippen LogP contribution is -2.48. The summed E-state index contributed by atoms with van der Waals surface area (Å²) in [5.41, 5.74) is -1.43. The highest BCUT2D eigenvalue weighted by atomic mass is 19.2. The Bertz CT molecular complexity index is 586. The van der Waals surface area contributed by atoms with Gasteiger partial charge in [-0.15, -0.1) is 0 Å². The normalized spacial score (nSPS) is 21.1. The molecule has 1 unspecified atom stereocenters. The maximum atomic E-state index is 13.2. The highest BCUT2D eigenvalue weighted by Gasteiger charge is 2.31. The van der Waals surface area contributed by atoms with Gasteiger partial charge in [-0.2, -0.15) is 0 Å². The zero-order valence-electron chi connectivity index (χ0n) is 11.2. The summed E-state index contributed by atoms with van der Waals surface area (Å²) < 4.78 is 31.4. The van der Waals surface area contributed by atoms with E-state index < -0.39 is 34.7 Å². The molecule has 1 atom stereocenters. The Morgan fingerprint density at radius 3 is 2.57 bits per heavy atom. The molecule has 1 aliphatic rings. The number of rotatable bonds is 3. The molecule has 6 nitrogen and oxygen atoms in total. The van der Waals surface area contributed by atoms with Crippen LogP contribution in [0.3, 0.4) is 0 Å². The van der Waals surface area contributed by atoms with Crippen LogP contribution in [-0.2, 0) is 4.74 Å². The van der Waals surface area contributed by atoms with Gasteiger partial charge in [-0.25, -0.2) is 18.4 Å². The second-order valence-electron chi connectivity index (χ2n) is 5.06. The van der Waals surface area contributed by atoms with Gasteiger partial charge in [0.1, 0.15) is 0 Å². The number of hydrogen-bond acceptors (Lipinski definition) is 3. The number of halogens is 2. The van der Waals surface area contributed by atoms with Crippen LogP contribution in [0.15, 0.2) is 12.1 Å². The van der Waals surface area contributed by atoms with Crippen LogP contribution in [0.1, 0.15) is 23.7 Å². The van der Waals surface area contributed by atoms with Crippen molar-refractivity contribution in [2.45, 2.75) is 18.9 Å². The van der Waals surface area contributed by atoms with Gasteiger partial charge in [-0.1, -0.05) is 0 Å². The van der Waals surface area contributed by atoms with E-state index in [0.717, 1.165) is 0 Å². The molecule has 0 saturated carbocycles. The Morgan fingerprint density at radius 1 is 1.33 bits per heavy atom. The quantitative estimate of drug-likeness (QED) is 0.796. The van der Waals surface area contributed by atoms with E-state index in [0.29, 0.717) is 31.8 Å². The molecule has 21 heavy (non-hydrogen) atoms. The number of ether oxygens (including phenoxy) is 1. The van der Waals surface area contributed by atoms with Crippen molar-refractivity contribution in [1.82, 2.24) is 5.32 Å². The summed E-state index contributed by atoms with van der Waals surface area (Å²) in [5, 5.41) is 13.8. The fourth-order valence-electron chi connectivity index (χ4n) is 2.02. The van der Waals surface area contributed by atoms with Crippen molar-refractivity contribution in [3.63, 3.8) is 0 Å². The third kappa shape index (κ3) is 3.46. The number of carboxylic acid groups (broad SMARTS) is 1. The van der Waals surface area contributed by atoms with Crippen LogP contribution in [0.2, 0.25) is 0 Å². The van der Waals surface area contributed by atoms with Gasteiger partial charge in [0.25, 0.3) is 0 Å². The molecule has 1 heterocycles. The SMILES string of the molecule is CC1(NC(=O)Nc2cc(F)c(F)cc2C(=O)O)CCOC1. The van der Waals surface area contributed by atoms with Crippen molar-refractivity contribution in [2.75, 3.05) is 18.5 Å². The van der Waals surface area contributed by atoms with Crippen molar-refractivity contribution >= 4 is 17.7 Å². The van der Waals surface area contributed by atoms with Crippen LogP contribution in [0.4, 0.5) is 19.3 Å². The van der Waals surface area contributed by atoms with Gasteiger partial charge in [0.05, 0.1) is 23.4 Å². The minimum absolute atomic E-state index is 0.318. The number of hydrogen-bond donors (Lipinski definition) is 3. The molecule has 2 rings (SSSR count). The zero-order valence-corrected chi connectivity index (χ0v) is 11.2. The van der Waals surface area contributed by atoms with Crippen LogP contribution < -0.4 is 10.6 Å². The smallest absolute Gasteiger partial charge is 0.337 e. The lowest BCUT2D eigenvalue weighted by atomic mass is 10.0. The Balaban J connectivity index is 2.16. The topological polar surface area (TPSA) is 87.7 Å². The monoisotopic (exact) mass is 300 g/mol. The first-order valence-corrected chi connectivity index (χ1v) is 6.20. The molecule has 114 valence electrons. The van der Waals surface area contributed by atoms with E-state index >= 15 is 0 Å². The van der Waals surface area contributed by atoms with Crippen molar-refractivity contribution in [3.8, 4) is 0 Å². The minimum Gasteiger partial charge on any atom is -0.478 e. The summed E-state index contributed by atoms with van der Waals surface area (Å²) in [6.45, 7) is 2.59. The first-order valence-electron chi connectivity index (χ1n) is 6.20. The first-order chi connectivity index (χ1) is 9.81. The number of benzene rings is 1. The van der Waals surface area contributed by atoms with Gasteiger partial charge in [0.15, 0.2) is 11.6 Å². The van der Waals surface area contributed by atoms with Crippen molar-refractivity contribution in [3.05, 3.63) is 29.3 Å². The Hall–Kier alpha value is -2.22. The van der Waals surface area contributed by atoms with Crippen molar-refractivity contribution in [2.24, 2.45) is 0 Å². The van der Waals surface area contributed by atoms with E-state index in [1.54, 1.807) is 6.92 Å². The molecule has 0 spiro atoms. The molecular formula is C13H14F2N2O4.